The maximum atomic E-state index is 5.60. The molecule has 108 valence electrons. The molecule has 0 aliphatic rings. The molecule has 3 aromatic carbocycles. The molecule has 0 saturated carbocycles. The lowest BCUT2D eigenvalue weighted by atomic mass is 10.00. The van der Waals surface area contributed by atoms with E-state index in [0.29, 0.717) is 0 Å². The SMILES string of the molecule is Cc1ccc(C(=S)c2ccc(Cc3ccccc3)cc2)cc1. The molecule has 0 heterocycles. The van der Waals surface area contributed by atoms with E-state index in [9.17, 15) is 0 Å². The Balaban J connectivity index is 1.76. The normalized spacial score (nSPS) is 10.4. The van der Waals surface area contributed by atoms with E-state index in [-0.39, 0.29) is 0 Å². The summed E-state index contributed by atoms with van der Waals surface area (Å²) < 4.78 is 0. The molecule has 3 rings (SSSR count). The van der Waals surface area contributed by atoms with Gasteiger partial charge in [0, 0.05) is 0 Å². The Morgan fingerprint density at radius 3 is 1.77 bits per heavy atom. The highest BCUT2D eigenvalue weighted by Crippen LogP contribution is 2.15. The van der Waals surface area contributed by atoms with E-state index in [0.717, 1.165) is 22.4 Å². The minimum absolute atomic E-state index is 0.909. The van der Waals surface area contributed by atoms with Crippen LogP contribution in [0.3, 0.4) is 0 Å². The number of thiocarbonyl (C=S) groups is 1. The topological polar surface area (TPSA) is 0 Å². The van der Waals surface area contributed by atoms with Crippen LogP contribution in [0.4, 0.5) is 0 Å². The lowest BCUT2D eigenvalue weighted by molar-refractivity contribution is 1.19. The molecule has 0 saturated heterocycles. The van der Waals surface area contributed by atoms with Gasteiger partial charge in [0.25, 0.3) is 0 Å². The molecule has 0 atom stereocenters. The fourth-order valence-electron chi connectivity index (χ4n) is 2.48. The Kier molecular flexibility index (Phi) is 4.45. The van der Waals surface area contributed by atoms with E-state index in [4.69, 9.17) is 12.2 Å². The Labute approximate surface area is 137 Å². The van der Waals surface area contributed by atoms with Crippen LogP contribution in [0.2, 0.25) is 0 Å². The van der Waals surface area contributed by atoms with Crippen LogP contribution in [0.15, 0.2) is 78.9 Å². The molecule has 0 radical (unpaired) electrons. The summed E-state index contributed by atoms with van der Waals surface area (Å²) in [6.45, 7) is 2.09. The van der Waals surface area contributed by atoms with Gasteiger partial charge in [-0.2, -0.15) is 0 Å². The van der Waals surface area contributed by atoms with E-state index >= 15 is 0 Å². The van der Waals surface area contributed by atoms with Gasteiger partial charge in [-0.15, -0.1) is 0 Å². The summed E-state index contributed by atoms with van der Waals surface area (Å²) in [5.74, 6) is 0. The van der Waals surface area contributed by atoms with Crippen molar-refractivity contribution < 1.29 is 0 Å². The average molecular weight is 302 g/mol. The van der Waals surface area contributed by atoms with Crippen LogP contribution in [0.1, 0.15) is 27.8 Å². The van der Waals surface area contributed by atoms with Gasteiger partial charge in [0.15, 0.2) is 0 Å². The summed E-state index contributed by atoms with van der Waals surface area (Å²) in [7, 11) is 0. The second-order valence-corrected chi connectivity index (χ2v) is 5.96. The van der Waals surface area contributed by atoms with Gasteiger partial charge in [-0.05, 0) is 35.6 Å². The van der Waals surface area contributed by atoms with Crippen LogP contribution >= 0.6 is 12.2 Å². The van der Waals surface area contributed by atoms with Crippen molar-refractivity contribution in [3.63, 3.8) is 0 Å². The molecule has 0 N–H and O–H groups in total. The molecule has 22 heavy (non-hydrogen) atoms. The van der Waals surface area contributed by atoms with Crippen LogP contribution in [0.5, 0.6) is 0 Å². The first-order valence-electron chi connectivity index (χ1n) is 7.46. The highest BCUT2D eigenvalue weighted by molar-refractivity contribution is 7.81. The minimum Gasteiger partial charge on any atom is -0.0788 e. The Morgan fingerprint density at radius 2 is 1.18 bits per heavy atom. The third-order valence-corrected chi connectivity index (χ3v) is 4.25. The third kappa shape index (κ3) is 3.49. The highest BCUT2D eigenvalue weighted by Gasteiger charge is 2.04. The van der Waals surface area contributed by atoms with E-state index in [1.165, 1.54) is 16.7 Å². The molecule has 0 aliphatic heterocycles. The number of hydrogen-bond acceptors (Lipinski definition) is 1. The summed E-state index contributed by atoms with van der Waals surface area (Å²) in [5, 5.41) is 0. The maximum absolute atomic E-state index is 5.60. The van der Waals surface area contributed by atoms with E-state index in [2.05, 4.69) is 79.7 Å². The van der Waals surface area contributed by atoms with Gasteiger partial charge in [0.1, 0.15) is 0 Å². The summed E-state index contributed by atoms with van der Waals surface area (Å²) in [5.41, 5.74) is 6.11. The number of rotatable bonds is 4. The predicted molar refractivity (Wildman–Crippen MR) is 97.7 cm³/mol. The van der Waals surface area contributed by atoms with Crippen LogP contribution < -0.4 is 0 Å². The zero-order valence-corrected chi connectivity index (χ0v) is 13.4. The Bertz CT molecular complexity index is 753. The molecule has 1 heteroatoms. The smallest absolute Gasteiger partial charge is 0.0521 e. The molecular weight excluding hydrogens is 284 g/mol. The lowest BCUT2D eigenvalue weighted by Crippen LogP contribution is -2.00. The first-order valence-corrected chi connectivity index (χ1v) is 7.87. The number of benzene rings is 3. The predicted octanol–water partition coefficient (Wildman–Crippen LogP) is 5.35. The number of aryl methyl sites for hydroxylation is 1. The van der Waals surface area contributed by atoms with Gasteiger partial charge in [0.2, 0.25) is 0 Å². The van der Waals surface area contributed by atoms with Crippen molar-refractivity contribution in [1.82, 2.24) is 0 Å². The first kappa shape index (κ1) is 14.7. The molecule has 0 aromatic heterocycles. The zero-order chi connectivity index (χ0) is 15.4. The standard InChI is InChI=1S/C21H18S/c1-16-7-11-19(12-8-16)21(22)20-13-9-18(10-14-20)15-17-5-3-2-4-6-17/h2-14H,15H2,1H3. The molecule has 0 unspecified atom stereocenters. The largest absolute Gasteiger partial charge is 0.0788 e. The zero-order valence-electron chi connectivity index (χ0n) is 12.6. The minimum atomic E-state index is 0.909. The molecule has 3 aromatic rings. The van der Waals surface area contributed by atoms with E-state index in [1.807, 2.05) is 6.07 Å². The monoisotopic (exact) mass is 302 g/mol. The second-order valence-electron chi connectivity index (χ2n) is 5.55. The molecule has 0 spiro atoms. The third-order valence-electron chi connectivity index (χ3n) is 3.78. The maximum Gasteiger partial charge on any atom is 0.0521 e. The summed E-state index contributed by atoms with van der Waals surface area (Å²) in [4.78, 5) is 0.909. The summed E-state index contributed by atoms with van der Waals surface area (Å²) in [6.07, 6.45) is 0.957. The van der Waals surface area contributed by atoms with Gasteiger partial charge >= 0.3 is 0 Å². The summed E-state index contributed by atoms with van der Waals surface area (Å²) >= 11 is 5.60. The van der Waals surface area contributed by atoms with Crippen molar-refractivity contribution in [3.05, 3.63) is 107 Å². The van der Waals surface area contributed by atoms with Crippen LogP contribution in [-0.2, 0) is 6.42 Å². The molecular formula is C21H18S. The van der Waals surface area contributed by atoms with Crippen LogP contribution in [0, 0.1) is 6.92 Å². The fraction of sp³-hybridized carbons (Fsp3) is 0.0952. The van der Waals surface area contributed by atoms with Crippen molar-refractivity contribution in [1.29, 1.82) is 0 Å². The van der Waals surface area contributed by atoms with Crippen molar-refractivity contribution >= 4 is 17.1 Å². The lowest BCUT2D eigenvalue weighted by Gasteiger charge is -2.07. The van der Waals surface area contributed by atoms with Crippen molar-refractivity contribution in [3.8, 4) is 0 Å². The van der Waals surface area contributed by atoms with Crippen LogP contribution in [-0.4, -0.2) is 4.86 Å². The Hall–Kier alpha value is -2.25. The van der Waals surface area contributed by atoms with Gasteiger partial charge in [0.05, 0.1) is 4.86 Å². The van der Waals surface area contributed by atoms with Gasteiger partial charge in [-0.3, -0.25) is 0 Å². The fourth-order valence-corrected chi connectivity index (χ4v) is 2.75. The molecule has 0 amide bonds. The highest BCUT2D eigenvalue weighted by atomic mass is 32.1. The van der Waals surface area contributed by atoms with Gasteiger partial charge in [-0.25, -0.2) is 0 Å². The van der Waals surface area contributed by atoms with E-state index < -0.39 is 0 Å². The second kappa shape index (κ2) is 6.67. The first-order chi connectivity index (χ1) is 10.7. The van der Waals surface area contributed by atoms with E-state index in [1.54, 1.807) is 0 Å². The number of hydrogen-bond donors (Lipinski definition) is 0. The molecule has 0 nitrogen and oxygen atoms in total. The average Bonchev–Trinajstić information content (AvgIpc) is 2.57. The molecule has 0 fully saturated rings. The van der Waals surface area contributed by atoms with Crippen molar-refractivity contribution in [2.24, 2.45) is 0 Å². The van der Waals surface area contributed by atoms with Crippen LogP contribution in [0.25, 0.3) is 0 Å². The molecule has 0 bridgehead atoms. The quantitative estimate of drug-likeness (QED) is 0.462. The van der Waals surface area contributed by atoms with Gasteiger partial charge < -0.3 is 0 Å². The summed E-state index contributed by atoms with van der Waals surface area (Å²) in [6, 6.07) is 27.5. The van der Waals surface area contributed by atoms with Gasteiger partial charge in [-0.1, -0.05) is 96.6 Å². The van der Waals surface area contributed by atoms with Crippen molar-refractivity contribution in [2.45, 2.75) is 13.3 Å². The van der Waals surface area contributed by atoms with Crippen molar-refractivity contribution in [2.75, 3.05) is 0 Å². The molecule has 0 aliphatic carbocycles. The Morgan fingerprint density at radius 1 is 0.682 bits per heavy atom.